The van der Waals surface area contributed by atoms with Crippen molar-refractivity contribution in [1.82, 2.24) is 20.1 Å². The van der Waals surface area contributed by atoms with E-state index < -0.39 is 0 Å². The fourth-order valence-electron chi connectivity index (χ4n) is 4.03. The van der Waals surface area contributed by atoms with Gasteiger partial charge in [0.05, 0.1) is 18.8 Å². The van der Waals surface area contributed by atoms with Crippen LogP contribution in [0.25, 0.3) is 0 Å². The maximum atomic E-state index is 13.1. The Labute approximate surface area is 173 Å². The summed E-state index contributed by atoms with van der Waals surface area (Å²) in [7, 11) is 0. The highest BCUT2D eigenvalue weighted by atomic mass is 35.5. The normalized spacial score (nSPS) is 23.5. The lowest BCUT2D eigenvalue weighted by Crippen LogP contribution is -2.49. The van der Waals surface area contributed by atoms with E-state index >= 15 is 0 Å². The average Bonchev–Trinajstić information content (AvgIpc) is 3.19. The zero-order valence-electron chi connectivity index (χ0n) is 15.5. The molecule has 0 radical (unpaired) electrons. The van der Waals surface area contributed by atoms with E-state index in [1.54, 1.807) is 6.20 Å². The lowest BCUT2D eigenvalue weighted by atomic mass is 10.2. The first-order valence-corrected chi connectivity index (χ1v) is 9.35. The molecule has 4 rings (SSSR count). The van der Waals surface area contributed by atoms with E-state index in [9.17, 15) is 4.79 Å². The molecule has 1 amide bonds. The number of aromatic nitrogens is 1. The molecule has 1 N–H and O–H groups in total. The monoisotopic (exact) mass is 417 g/mol. The summed E-state index contributed by atoms with van der Waals surface area (Å²) in [6, 6.07) is 4.27. The third-order valence-electron chi connectivity index (χ3n) is 5.45. The SMILES string of the molecule is Cl.Cl.O=C(c1cccnc1N1CCOCC1)N1CCC(N2CCNCC2)C1. The summed E-state index contributed by atoms with van der Waals surface area (Å²) < 4.78 is 5.43. The zero-order valence-corrected chi connectivity index (χ0v) is 17.1. The standard InChI is InChI=1S/C18H27N5O2.2ClH/c24-18(23-7-3-15(14-23)21-8-5-19-6-9-21)16-2-1-4-20-17(16)22-10-12-25-13-11-22;;/h1-2,4,15,19H,3,5-14H2;2*1H. The van der Waals surface area contributed by atoms with Gasteiger partial charge in [-0.1, -0.05) is 0 Å². The third kappa shape index (κ3) is 5.03. The number of carbonyl (C=O) groups is 1. The average molecular weight is 418 g/mol. The number of piperazine rings is 1. The number of anilines is 1. The van der Waals surface area contributed by atoms with Crippen molar-refractivity contribution in [1.29, 1.82) is 0 Å². The number of rotatable bonds is 3. The van der Waals surface area contributed by atoms with Gasteiger partial charge in [-0.15, -0.1) is 24.8 Å². The molecule has 7 nitrogen and oxygen atoms in total. The number of carbonyl (C=O) groups excluding carboxylic acids is 1. The molecule has 9 heteroatoms. The van der Waals surface area contributed by atoms with Crippen molar-refractivity contribution in [2.45, 2.75) is 12.5 Å². The van der Waals surface area contributed by atoms with E-state index in [0.717, 1.165) is 70.2 Å². The Bertz CT molecular complexity index is 609. The maximum Gasteiger partial charge on any atom is 0.257 e. The molecule has 3 aliphatic heterocycles. The summed E-state index contributed by atoms with van der Waals surface area (Å²) in [5.41, 5.74) is 0.727. The molecular formula is C18H29Cl2N5O2. The number of nitrogens with zero attached hydrogens (tertiary/aromatic N) is 4. The number of morpholine rings is 1. The summed E-state index contributed by atoms with van der Waals surface area (Å²) in [4.78, 5) is 24.3. The number of halogens is 2. The smallest absolute Gasteiger partial charge is 0.257 e. The van der Waals surface area contributed by atoms with Crippen LogP contribution in [0.3, 0.4) is 0 Å². The van der Waals surface area contributed by atoms with Crippen molar-refractivity contribution in [2.24, 2.45) is 0 Å². The highest BCUT2D eigenvalue weighted by molar-refractivity contribution is 5.99. The lowest BCUT2D eigenvalue weighted by molar-refractivity contribution is 0.0772. The predicted octanol–water partition coefficient (Wildman–Crippen LogP) is 0.882. The second kappa shape index (κ2) is 10.4. The van der Waals surface area contributed by atoms with Crippen LogP contribution >= 0.6 is 24.8 Å². The molecule has 1 aromatic rings. The molecule has 27 heavy (non-hydrogen) atoms. The summed E-state index contributed by atoms with van der Waals surface area (Å²) in [5, 5.41) is 3.40. The van der Waals surface area contributed by atoms with Crippen LogP contribution in [-0.4, -0.2) is 92.3 Å². The van der Waals surface area contributed by atoms with E-state index in [1.165, 1.54) is 0 Å². The van der Waals surface area contributed by atoms with Crippen LogP contribution in [-0.2, 0) is 4.74 Å². The Morgan fingerprint density at radius 3 is 2.59 bits per heavy atom. The zero-order chi connectivity index (χ0) is 17.1. The molecule has 152 valence electrons. The Morgan fingerprint density at radius 1 is 1.11 bits per heavy atom. The first kappa shape index (κ1) is 22.2. The van der Waals surface area contributed by atoms with Crippen LogP contribution in [0.1, 0.15) is 16.8 Å². The number of pyridine rings is 1. The van der Waals surface area contributed by atoms with Gasteiger partial charge in [0, 0.05) is 64.6 Å². The Kier molecular flexibility index (Phi) is 8.57. The molecule has 0 aromatic carbocycles. The van der Waals surface area contributed by atoms with Gasteiger partial charge in [0.1, 0.15) is 5.82 Å². The molecule has 3 saturated heterocycles. The maximum absolute atomic E-state index is 13.1. The van der Waals surface area contributed by atoms with Crippen molar-refractivity contribution in [3.05, 3.63) is 23.9 Å². The second-order valence-electron chi connectivity index (χ2n) is 6.95. The Hall–Kier alpha value is -1.12. The van der Waals surface area contributed by atoms with Gasteiger partial charge in [-0.2, -0.15) is 0 Å². The minimum absolute atomic E-state index is 0. The van der Waals surface area contributed by atoms with Crippen molar-refractivity contribution in [3.8, 4) is 0 Å². The highest BCUT2D eigenvalue weighted by Gasteiger charge is 2.33. The molecule has 0 bridgehead atoms. The minimum Gasteiger partial charge on any atom is -0.378 e. The minimum atomic E-state index is 0. The van der Waals surface area contributed by atoms with Crippen LogP contribution in [0.5, 0.6) is 0 Å². The van der Waals surface area contributed by atoms with Crippen molar-refractivity contribution < 1.29 is 9.53 Å². The molecule has 1 aromatic heterocycles. The Balaban J connectivity index is 0.00000131. The van der Waals surface area contributed by atoms with Gasteiger partial charge >= 0.3 is 0 Å². The van der Waals surface area contributed by atoms with Crippen LogP contribution in [0.2, 0.25) is 0 Å². The van der Waals surface area contributed by atoms with Gasteiger partial charge in [-0.3, -0.25) is 9.69 Å². The van der Waals surface area contributed by atoms with Gasteiger partial charge < -0.3 is 19.9 Å². The third-order valence-corrected chi connectivity index (χ3v) is 5.45. The van der Waals surface area contributed by atoms with E-state index in [0.29, 0.717) is 19.3 Å². The van der Waals surface area contributed by atoms with Crippen LogP contribution in [0, 0.1) is 0 Å². The summed E-state index contributed by atoms with van der Waals surface area (Å²) >= 11 is 0. The van der Waals surface area contributed by atoms with Crippen molar-refractivity contribution in [3.63, 3.8) is 0 Å². The van der Waals surface area contributed by atoms with Gasteiger partial charge in [0.25, 0.3) is 5.91 Å². The molecule has 0 saturated carbocycles. The fourth-order valence-corrected chi connectivity index (χ4v) is 4.03. The summed E-state index contributed by atoms with van der Waals surface area (Å²) in [5.74, 6) is 0.925. The highest BCUT2D eigenvalue weighted by Crippen LogP contribution is 2.24. The van der Waals surface area contributed by atoms with Gasteiger partial charge in [0.15, 0.2) is 0 Å². The molecule has 0 spiro atoms. The number of nitrogens with one attached hydrogen (secondary N) is 1. The van der Waals surface area contributed by atoms with Gasteiger partial charge in [-0.05, 0) is 18.6 Å². The van der Waals surface area contributed by atoms with Crippen LogP contribution in [0.4, 0.5) is 5.82 Å². The molecule has 0 aliphatic carbocycles. The van der Waals surface area contributed by atoms with Gasteiger partial charge in [-0.25, -0.2) is 4.98 Å². The molecule has 1 unspecified atom stereocenters. The van der Waals surface area contributed by atoms with Crippen LogP contribution < -0.4 is 10.2 Å². The lowest BCUT2D eigenvalue weighted by Gasteiger charge is -2.33. The fraction of sp³-hybridized carbons (Fsp3) is 0.667. The number of hydrogen-bond acceptors (Lipinski definition) is 6. The van der Waals surface area contributed by atoms with Crippen molar-refractivity contribution >= 4 is 36.5 Å². The largest absolute Gasteiger partial charge is 0.378 e. The van der Waals surface area contributed by atoms with Crippen LogP contribution in [0.15, 0.2) is 18.3 Å². The summed E-state index contributed by atoms with van der Waals surface area (Å²) in [6.07, 6.45) is 2.84. The number of ether oxygens (including phenoxy) is 1. The molecule has 1 atom stereocenters. The van der Waals surface area contributed by atoms with Gasteiger partial charge in [0.2, 0.25) is 0 Å². The quantitative estimate of drug-likeness (QED) is 0.787. The molecular weight excluding hydrogens is 389 g/mol. The predicted molar refractivity (Wildman–Crippen MR) is 111 cm³/mol. The van der Waals surface area contributed by atoms with Crippen molar-refractivity contribution in [2.75, 3.05) is 70.5 Å². The number of hydrogen-bond donors (Lipinski definition) is 1. The second-order valence-corrected chi connectivity index (χ2v) is 6.95. The first-order valence-electron chi connectivity index (χ1n) is 9.35. The van der Waals surface area contributed by atoms with E-state index in [1.807, 2.05) is 17.0 Å². The van der Waals surface area contributed by atoms with E-state index in [-0.39, 0.29) is 30.7 Å². The molecule has 3 aliphatic rings. The number of amides is 1. The van der Waals surface area contributed by atoms with E-state index in [4.69, 9.17) is 4.74 Å². The number of likely N-dealkylation sites (tertiary alicyclic amines) is 1. The molecule has 3 fully saturated rings. The topological polar surface area (TPSA) is 60.9 Å². The Morgan fingerprint density at radius 2 is 1.85 bits per heavy atom. The molecule has 4 heterocycles. The summed E-state index contributed by atoms with van der Waals surface area (Å²) in [6.45, 7) is 8.90. The van der Waals surface area contributed by atoms with E-state index in [2.05, 4.69) is 20.1 Å². The first-order chi connectivity index (χ1) is 12.3.